The number of hydrogen-bond acceptors (Lipinski definition) is 3. The van der Waals surface area contributed by atoms with Gasteiger partial charge in [-0.1, -0.05) is 0 Å². The fraction of sp³-hybridized carbons (Fsp3) is 0.111. The van der Waals surface area contributed by atoms with E-state index in [2.05, 4.69) is 15.9 Å². The van der Waals surface area contributed by atoms with Gasteiger partial charge in [-0.15, -0.1) is 11.3 Å². The highest BCUT2D eigenvalue weighted by atomic mass is 79.9. The molecule has 2 heterocycles. The molecule has 1 N–H and O–H groups in total. The lowest BCUT2D eigenvalue weighted by molar-refractivity contribution is 0.224. The van der Waals surface area contributed by atoms with Gasteiger partial charge in [-0.25, -0.2) is 0 Å². The maximum absolute atomic E-state index is 9.89. The van der Waals surface area contributed by atoms with Crippen LogP contribution >= 0.6 is 38.6 Å². The second-order valence-electron chi connectivity index (χ2n) is 2.60. The van der Waals surface area contributed by atoms with Crippen molar-refractivity contribution in [3.8, 4) is 0 Å². The van der Waals surface area contributed by atoms with Gasteiger partial charge in [0.2, 0.25) is 0 Å². The summed E-state index contributed by atoms with van der Waals surface area (Å²) in [7, 11) is 0. The van der Waals surface area contributed by atoms with E-state index in [0.29, 0.717) is 0 Å². The Hall–Kier alpha value is -0.160. The van der Waals surface area contributed by atoms with E-state index in [1.165, 1.54) is 0 Å². The van der Waals surface area contributed by atoms with Crippen molar-refractivity contribution in [3.63, 3.8) is 0 Å². The van der Waals surface area contributed by atoms with Gasteiger partial charge >= 0.3 is 0 Å². The minimum absolute atomic E-state index is 0.470. The van der Waals surface area contributed by atoms with E-state index in [4.69, 9.17) is 0 Å². The minimum Gasteiger partial charge on any atom is -0.383 e. The minimum atomic E-state index is -0.470. The second kappa shape index (κ2) is 3.92. The summed E-state index contributed by atoms with van der Waals surface area (Å²) in [5.74, 6) is 0. The molecule has 0 saturated carbocycles. The van der Waals surface area contributed by atoms with E-state index >= 15 is 0 Å². The second-order valence-corrected chi connectivity index (χ2v) is 5.88. The van der Waals surface area contributed by atoms with Crippen LogP contribution in [-0.4, -0.2) is 5.11 Å². The Balaban J connectivity index is 2.28. The molecule has 2 aromatic heterocycles. The quantitative estimate of drug-likeness (QED) is 0.887. The standard InChI is InChI=1S/C9H7BrOS2/c10-8-2-1-7(13-8)9(11)6-3-4-12-5-6/h1-5,9,11H. The van der Waals surface area contributed by atoms with Crippen molar-refractivity contribution in [2.24, 2.45) is 0 Å². The molecule has 2 rings (SSSR count). The lowest BCUT2D eigenvalue weighted by atomic mass is 10.2. The SMILES string of the molecule is OC(c1ccsc1)c1ccc(Br)s1. The predicted octanol–water partition coefficient (Wildman–Crippen LogP) is 3.65. The molecule has 0 fully saturated rings. The molecule has 68 valence electrons. The van der Waals surface area contributed by atoms with Crippen molar-refractivity contribution in [2.75, 3.05) is 0 Å². The Kier molecular flexibility index (Phi) is 2.83. The summed E-state index contributed by atoms with van der Waals surface area (Å²) in [6.07, 6.45) is -0.470. The Labute approximate surface area is 92.8 Å². The number of thiophene rings is 2. The highest BCUT2D eigenvalue weighted by Crippen LogP contribution is 2.31. The van der Waals surface area contributed by atoms with E-state index in [9.17, 15) is 5.11 Å². The first-order valence-electron chi connectivity index (χ1n) is 3.73. The molecule has 0 aliphatic heterocycles. The van der Waals surface area contributed by atoms with Crippen molar-refractivity contribution < 1.29 is 5.11 Å². The van der Waals surface area contributed by atoms with Crippen molar-refractivity contribution >= 4 is 38.6 Å². The zero-order valence-electron chi connectivity index (χ0n) is 6.61. The van der Waals surface area contributed by atoms with Gasteiger partial charge in [0.15, 0.2) is 0 Å². The molecule has 0 radical (unpaired) electrons. The molecule has 0 saturated heterocycles. The highest BCUT2D eigenvalue weighted by molar-refractivity contribution is 9.11. The number of hydrogen-bond donors (Lipinski definition) is 1. The van der Waals surface area contributed by atoms with E-state index in [-0.39, 0.29) is 0 Å². The smallest absolute Gasteiger partial charge is 0.114 e. The van der Waals surface area contributed by atoms with E-state index in [0.717, 1.165) is 14.2 Å². The van der Waals surface area contributed by atoms with Crippen LogP contribution in [-0.2, 0) is 0 Å². The summed E-state index contributed by atoms with van der Waals surface area (Å²) in [5.41, 5.74) is 0.972. The maximum Gasteiger partial charge on any atom is 0.114 e. The van der Waals surface area contributed by atoms with Gasteiger partial charge < -0.3 is 5.11 Å². The first-order valence-corrected chi connectivity index (χ1v) is 6.28. The summed E-state index contributed by atoms with van der Waals surface area (Å²) < 4.78 is 1.05. The highest BCUT2D eigenvalue weighted by Gasteiger charge is 2.12. The molecule has 2 aromatic rings. The van der Waals surface area contributed by atoms with Gasteiger partial charge in [0.05, 0.1) is 3.79 Å². The number of aliphatic hydroxyl groups excluding tert-OH is 1. The molecule has 0 amide bonds. The zero-order valence-corrected chi connectivity index (χ0v) is 9.82. The fourth-order valence-electron chi connectivity index (χ4n) is 1.07. The Bertz CT molecular complexity index is 380. The fourth-order valence-corrected chi connectivity index (χ4v) is 3.19. The summed E-state index contributed by atoms with van der Waals surface area (Å²) in [4.78, 5) is 0.977. The number of aliphatic hydroxyl groups is 1. The van der Waals surface area contributed by atoms with Crippen LogP contribution < -0.4 is 0 Å². The van der Waals surface area contributed by atoms with Gasteiger partial charge in [-0.2, -0.15) is 11.3 Å². The van der Waals surface area contributed by atoms with Gasteiger partial charge in [-0.3, -0.25) is 0 Å². The van der Waals surface area contributed by atoms with Crippen molar-refractivity contribution in [2.45, 2.75) is 6.10 Å². The van der Waals surface area contributed by atoms with Gasteiger partial charge in [0.1, 0.15) is 6.10 Å². The largest absolute Gasteiger partial charge is 0.383 e. The molecular formula is C9H7BrOS2. The molecule has 0 aliphatic rings. The topological polar surface area (TPSA) is 20.2 Å². The van der Waals surface area contributed by atoms with E-state index < -0.39 is 6.10 Å². The summed E-state index contributed by atoms with van der Waals surface area (Å²) in [6.45, 7) is 0. The van der Waals surface area contributed by atoms with Gasteiger partial charge in [-0.05, 0) is 50.5 Å². The summed E-state index contributed by atoms with van der Waals surface area (Å²) >= 11 is 6.54. The first kappa shape index (κ1) is 9.40. The van der Waals surface area contributed by atoms with E-state index in [1.807, 2.05) is 29.0 Å². The van der Waals surface area contributed by atoms with E-state index in [1.54, 1.807) is 22.7 Å². The van der Waals surface area contributed by atoms with Crippen molar-refractivity contribution in [1.29, 1.82) is 0 Å². The monoisotopic (exact) mass is 274 g/mol. The lowest BCUT2D eigenvalue weighted by Crippen LogP contribution is -1.93. The zero-order chi connectivity index (χ0) is 9.26. The normalized spacial score (nSPS) is 13.1. The Morgan fingerprint density at radius 3 is 2.69 bits per heavy atom. The predicted molar refractivity (Wildman–Crippen MR) is 60.4 cm³/mol. The molecule has 4 heteroatoms. The number of halogens is 1. The third kappa shape index (κ3) is 2.02. The van der Waals surface area contributed by atoms with Crippen LogP contribution in [0.3, 0.4) is 0 Å². The molecule has 0 spiro atoms. The molecule has 1 nitrogen and oxygen atoms in total. The van der Waals surface area contributed by atoms with Crippen LogP contribution in [0.25, 0.3) is 0 Å². The summed E-state index contributed by atoms with van der Waals surface area (Å²) in [5, 5.41) is 13.8. The van der Waals surface area contributed by atoms with Gasteiger partial charge in [0.25, 0.3) is 0 Å². The molecule has 0 aromatic carbocycles. The van der Waals surface area contributed by atoms with Crippen molar-refractivity contribution in [1.82, 2.24) is 0 Å². The lowest BCUT2D eigenvalue weighted by Gasteiger charge is -2.04. The first-order chi connectivity index (χ1) is 6.27. The molecule has 1 unspecified atom stereocenters. The molecule has 0 aliphatic carbocycles. The van der Waals surface area contributed by atoms with Crippen LogP contribution in [0.1, 0.15) is 16.5 Å². The van der Waals surface area contributed by atoms with Crippen LogP contribution in [0.4, 0.5) is 0 Å². The third-order valence-electron chi connectivity index (χ3n) is 1.72. The molecule has 1 atom stereocenters. The molecular weight excluding hydrogens is 268 g/mol. The Morgan fingerprint density at radius 1 is 1.31 bits per heavy atom. The summed E-state index contributed by atoms with van der Waals surface area (Å²) in [6, 6.07) is 5.84. The van der Waals surface area contributed by atoms with Crippen molar-refractivity contribution in [3.05, 3.63) is 43.2 Å². The van der Waals surface area contributed by atoms with Crippen LogP contribution in [0.15, 0.2) is 32.7 Å². The average molecular weight is 275 g/mol. The van der Waals surface area contributed by atoms with Crippen LogP contribution in [0.2, 0.25) is 0 Å². The maximum atomic E-state index is 9.89. The van der Waals surface area contributed by atoms with Crippen LogP contribution in [0.5, 0.6) is 0 Å². The third-order valence-corrected chi connectivity index (χ3v) is 4.10. The molecule has 13 heavy (non-hydrogen) atoms. The molecule has 0 bridgehead atoms. The van der Waals surface area contributed by atoms with Crippen LogP contribution in [0, 0.1) is 0 Å². The Morgan fingerprint density at radius 2 is 2.15 bits per heavy atom. The van der Waals surface area contributed by atoms with Gasteiger partial charge in [0, 0.05) is 4.88 Å². The number of rotatable bonds is 2. The average Bonchev–Trinajstić information content (AvgIpc) is 2.72.